The largest absolute Gasteiger partial charge is 0.384 e. The van der Waals surface area contributed by atoms with Gasteiger partial charge in [-0.1, -0.05) is 34.4 Å². The van der Waals surface area contributed by atoms with Crippen LogP contribution in [0.5, 0.6) is 0 Å². The minimum atomic E-state index is -3.87. The average Bonchev–Trinajstić information content (AvgIpc) is 2.85. The molecule has 0 aliphatic carbocycles. The normalized spacial score (nSPS) is 11.0. The van der Waals surface area contributed by atoms with Crippen LogP contribution in [0.4, 0.5) is 0 Å². The highest BCUT2D eigenvalue weighted by molar-refractivity contribution is 8.76. The van der Waals surface area contributed by atoms with Crippen LogP contribution in [0.25, 0.3) is 0 Å². The zero-order chi connectivity index (χ0) is 27.6. The van der Waals surface area contributed by atoms with Crippen molar-refractivity contribution in [1.29, 1.82) is 0 Å². The van der Waals surface area contributed by atoms with Crippen LogP contribution >= 0.6 is 52.4 Å². The smallest absolute Gasteiger partial charge is 0.330 e. The predicted octanol–water partition coefficient (Wildman–Crippen LogP) is 1.43. The number of thiol groups is 1. The Morgan fingerprint density at radius 2 is 1.03 bits per heavy atom. The summed E-state index contributed by atoms with van der Waals surface area (Å²) in [5.41, 5.74) is 21.3. The summed E-state index contributed by atoms with van der Waals surface area (Å²) in [6, 6.07) is 0. The summed E-state index contributed by atoms with van der Waals surface area (Å²) in [6.45, 7) is 4.76. The summed E-state index contributed by atoms with van der Waals surface area (Å²) < 4.78 is 10.3. The van der Waals surface area contributed by atoms with E-state index in [1.165, 1.54) is 37.2 Å². The van der Waals surface area contributed by atoms with Gasteiger partial charge in [0, 0.05) is 42.6 Å². The molecule has 0 aromatic rings. The monoisotopic (exact) mass is 613 g/mol. The van der Waals surface area contributed by atoms with Crippen molar-refractivity contribution in [3.63, 3.8) is 0 Å². The number of hydrogen-bond acceptors (Lipinski definition) is 12. The van der Waals surface area contributed by atoms with Crippen molar-refractivity contribution in [3.05, 3.63) is 0 Å². The quantitative estimate of drug-likeness (QED) is 0.0307. The first-order valence-corrected chi connectivity index (χ1v) is 19.2. The second-order valence-electron chi connectivity index (χ2n) is 7.57. The van der Waals surface area contributed by atoms with Crippen molar-refractivity contribution in [3.8, 4) is 0 Å². The highest BCUT2D eigenvalue weighted by Gasteiger charge is 2.11. The number of hydrogen-bond donors (Lipinski definition) is 10. The van der Waals surface area contributed by atoms with Gasteiger partial charge >= 0.3 is 6.80 Å². The summed E-state index contributed by atoms with van der Waals surface area (Å²) >= 11 is 4.69. The van der Waals surface area contributed by atoms with Gasteiger partial charge in [-0.25, -0.2) is 4.57 Å². The second-order valence-corrected chi connectivity index (χ2v) is 14.6. The minimum absolute atomic E-state index is 0.425. The van der Waals surface area contributed by atoms with E-state index in [-0.39, 0.29) is 0 Å². The van der Waals surface area contributed by atoms with E-state index in [0.29, 0.717) is 30.2 Å². The lowest BCUT2D eigenvalue weighted by Crippen LogP contribution is -2.20. The summed E-state index contributed by atoms with van der Waals surface area (Å²) in [4.78, 5) is 16.9. The molecule has 36 heavy (non-hydrogen) atoms. The van der Waals surface area contributed by atoms with E-state index in [1.54, 1.807) is 0 Å². The number of rotatable bonds is 25. The van der Waals surface area contributed by atoms with Gasteiger partial charge in [-0.15, -0.1) is 0 Å². The first kappa shape index (κ1) is 41.7. The molecular weight excluding hydrogens is 558 g/mol. The highest BCUT2D eigenvalue weighted by Crippen LogP contribution is 2.49. The third-order valence-electron chi connectivity index (χ3n) is 4.13. The van der Waals surface area contributed by atoms with Gasteiger partial charge in [-0.2, -0.15) is 12.6 Å². The lowest BCUT2D eigenvalue weighted by atomic mass is 10.2. The van der Waals surface area contributed by atoms with Gasteiger partial charge in [0.1, 0.15) is 0 Å². The van der Waals surface area contributed by atoms with Crippen LogP contribution in [0.1, 0.15) is 44.9 Å². The van der Waals surface area contributed by atoms with Gasteiger partial charge in [-0.05, 0) is 89.3 Å². The van der Waals surface area contributed by atoms with Crippen LogP contribution in [0.2, 0.25) is 0 Å². The highest BCUT2D eigenvalue weighted by atomic mass is 33.1. The van der Waals surface area contributed by atoms with Crippen molar-refractivity contribution in [2.24, 2.45) is 22.9 Å². The van der Waals surface area contributed by atoms with E-state index in [2.05, 4.69) is 28.6 Å². The molecule has 0 atom stereocenters. The van der Waals surface area contributed by atoms with E-state index in [1.807, 2.05) is 21.6 Å². The van der Waals surface area contributed by atoms with Crippen molar-refractivity contribution in [2.75, 3.05) is 88.5 Å². The number of nitrogens with two attached hydrogens (primary N) is 4. The Bertz CT molecular complexity index is 415. The molecule has 15 heteroatoms. The van der Waals surface area contributed by atoms with Crippen LogP contribution in [0.15, 0.2) is 0 Å². The van der Waals surface area contributed by atoms with Gasteiger partial charge in [-0.3, -0.25) is 0 Å². The van der Waals surface area contributed by atoms with Crippen molar-refractivity contribution < 1.29 is 14.4 Å². The maximum atomic E-state index is 10.3. The topological polar surface area (TPSA) is 198 Å². The number of nitrogens with one attached hydrogen (secondary N) is 3. The Morgan fingerprint density at radius 1 is 0.583 bits per heavy atom. The summed E-state index contributed by atoms with van der Waals surface area (Å²) in [5, 5.41) is 9.57. The molecule has 0 rings (SSSR count). The summed E-state index contributed by atoms with van der Waals surface area (Å²) in [6.07, 6.45) is 8.18. The van der Waals surface area contributed by atoms with Crippen LogP contribution < -0.4 is 38.9 Å². The standard InChI is InChI=1S/C11H27N3S2.C5H15N2O3PS.C5H14N2S/c12-6-3-1-2-4-10-15-16-11-9-14-8-5-7-13;6-2-1-3-7-4-5-12-11(8,9)10;6-2-1-3-7-4-5-8/h14H,1-13H2;7H,1-6H2,(H2,8,9,10);7-8H,1-6H2. The molecule has 0 aliphatic heterocycles. The first-order valence-electron chi connectivity index (χ1n) is 12.9. The zero-order valence-electron chi connectivity index (χ0n) is 22.1. The van der Waals surface area contributed by atoms with Gasteiger partial charge < -0.3 is 48.7 Å². The predicted molar refractivity (Wildman–Crippen MR) is 170 cm³/mol. The fourth-order valence-corrected chi connectivity index (χ4v) is 5.98. The molecule has 0 spiro atoms. The molecule has 13 N–H and O–H groups in total. The Kier molecular flexibility index (Phi) is 44.6. The molecule has 0 bridgehead atoms. The molecule has 0 unspecified atom stereocenters. The van der Waals surface area contributed by atoms with Gasteiger partial charge in [0.05, 0.1) is 0 Å². The molecule has 222 valence electrons. The van der Waals surface area contributed by atoms with Crippen LogP contribution in [0, 0.1) is 0 Å². The molecular formula is C21H56N7O3PS4. The lowest BCUT2D eigenvalue weighted by molar-refractivity contribution is 0.397. The van der Waals surface area contributed by atoms with E-state index >= 15 is 0 Å². The van der Waals surface area contributed by atoms with Gasteiger partial charge in [0.25, 0.3) is 0 Å². The maximum Gasteiger partial charge on any atom is 0.384 e. The molecule has 0 heterocycles. The first-order chi connectivity index (χ1) is 17.4. The Labute approximate surface area is 238 Å². The van der Waals surface area contributed by atoms with Crippen molar-refractivity contribution >= 4 is 52.4 Å². The molecule has 0 radical (unpaired) electrons. The molecule has 0 aliphatic rings. The number of unbranched alkanes of at least 4 members (excludes halogenated alkanes) is 3. The van der Waals surface area contributed by atoms with E-state index in [9.17, 15) is 4.57 Å². The summed E-state index contributed by atoms with van der Waals surface area (Å²) in [5.74, 6) is 3.80. The molecule has 0 amide bonds. The fourth-order valence-electron chi connectivity index (χ4n) is 2.26. The molecule has 0 fully saturated rings. The Balaban J connectivity index is -0.000000481. The minimum Gasteiger partial charge on any atom is -0.330 e. The molecule has 0 saturated carbocycles. The lowest BCUT2D eigenvalue weighted by Gasteiger charge is -2.04. The van der Waals surface area contributed by atoms with Crippen LogP contribution in [-0.4, -0.2) is 98.2 Å². The van der Waals surface area contributed by atoms with E-state index in [4.69, 9.17) is 32.7 Å². The Morgan fingerprint density at radius 3 is 1.50 bits per heavy atom. The molecule has 0 aromatic heterocycles. The Hall–Kier alpha value is 1.27. The summed E-state index contributed by atoms with van der Waals surface area (Å²) in [7, 11) is 3.97. The molecule has 0 saturated heterocycles. The van der Waals surface area contributed by atoms with Gasteiger partial charge in [0.2, 0.25) is 0 Å². The molecule has 0 aromatic carbocycles. The zero-order valence-corrected chi connectivity index (χ0v) is 26.3. The average molecular weight is 614 g/mol. The fraction of sp³-hybridized carbons (Fsp3) is 1.00. The van der Waals surface area contributed by atoms with E-state index in [0.717, 1.165) is 77.4 Å². The van der Waals surface area contributed by atoms with Crippen LogP contribution in [-0.2, 0) is 4.57 Å². The SMILES string of the molecule is NCCCCCCSSCCNCCCN.NCCCNCCS.NCCCNCCSP(=O)(O)O. The van der Waals surface area contributed by atoms with Crippen molar-refractivity contribution in [1.82, 2.24) is 16.0 Å². The van der Waals surface area contributed by atoms with Crippen molar-refractivity contribution in [2.45, 2.75) is 44.9 Å². The second kappa shape index (κ2) is 38.4. The van der Waals surface area contributed by atoms with Gasteiger partial charge in [0.15, 0.2) is 0 Å². The van der Waals surface area contributed by atoms with E-state index < -0.39 is 6.80 Å². The third-order valence-corrected chi connectivity index (χ3v) is 9.12. The molecule has 10 nitrogen and oxygen atoms in total. The van der Waals surface area contributed by atoms with Crippen LogP contribution in [0.3, 0.4) is 0 Å². The third kappa shape index (κ3) is 51.8. The maximum absolute atomic E-state index is 10.3.